The van der Waals surface area contributed by atoms with Gasteiger partial charge in [-0.2, -0.15) is 21.6 Å². The number of ether oxygens (including phenoxy) is 2. The molecule has 0 amide bonds. The molecule has 1 aliphatic rings. The van der Waals surface area contributed by atoms with Crippen LogP contribution in [-0.2, 0) is 32.5 Å². The van der Waals surface area contributed by atoms with Crippen molar-refractivity contribution < 1.29 is 44.5 Å². The van der Waals surface area contributed by atoms with E-state index in [1.54, 1.807) is 19.9 Å². The topological polar surface area (TPSA) is 105 Å². The van der Waals surface area contributed by atoms with E-state index < -0.39 is 27.3 Å². The van der Waals surface area contributed by atoms with E-state index in [0.717, 1.165) is 5.56 Å². The highest BCUT2D eigenvalue weighted by Crippen LogP contribution is 2.46. The summed E-state index contributed by atoms with van der Waals surface area (Å²) in [4.78, 5) is 16.4. The summed E-state index contributed by atoms with van der Waals surface area (Å²) < 4.78 is 84.3. The first-order valence-electron chi connectivity index (χ1n) is 12.0. The molecule has 0 radical (unpaired) electrons. The zero-order valence-electron chi connectivity index (χ0n) is 20.7. The molecule has 0 saturated heterocycles. The van der Waals surface area contributed by atoms with Gasteiger partial charge >= 0.3 is 21.6 Å². The summed E-state index contributed by atoms with van der Waals surface area (Å²) in [6.07, 6.45) is 0.889. The summed E-state index contributed by atoms with van der Waals surface area (Å²) in [6, 6.07) is 12.2. The second-order valence-electron chi connectivity index (χ2n) is 8.67. The molecule has 1 aromatic heterocycles. The van der Waals surface area contributed by atoms with Gasteiger partial charge in [-0.05, 0) is 56.4 Å². The van der Waals surface area contributed by atoms with Gasteiger partial charge in [0.2, 0.25) is 5.89 Å². The predicted molar refractivity (Wildman–Crippen MR) is 130 cm³/mol. The first-order valence-corrected chi connectivity index (χ1v) is 13.4. The van der Waals surface area contributed by atoms with Crippen LogP contribution in [-0.4, -0.2) is 38.1 Å². The first kappa shape index (κ1) is 27.5. The minimum Gasteiger partial charge on any atom is -0.489 e. The number of rotatable bonds is 10. The van der Waals surface area contributed by atoms with E-state index in [-0.39, 0.29) is 49.7 Å². The minimum absolute atomic E-state index is 0.0156. The van der Waals surface area contributed by atoms with Crippen molar-refractivity contribution in [3.63, 3.8) is 0 Å². The highest BCUT2D eigenvalue weighted by Gasteiger charge is 2.49. The maximum absolute atomic E-state index is 13.2. The quantitative estimate of drug-likeness (QED) is 0.185. The van der Waals surface area contributed by atoms with E-state index in [0.29, 0.717) is 29.3 Å². The van der Waals surface area contributed by atoms with Crippen LogP contribution in [0.5, 0.6) is 11.5 Å². The Morgan fingerprint density at radius 1 is 1.16 bits per heavy atom. The van der Waals surface area contributed by atoms with Crippen LogP contribution in [0.2, 0.25) is 0 Å². The Bertz CT molecular complexity index is 1400. The molecule has 1 aliphatic carbocycles. The molecule has 0 bridgehead atoms. The van der Waals surface area contributed by atoms with Gasteiger partial charge in [-0.3, -0.25) is 4.79 Å². The normalized spacial score (nSPS) is 15.2. The SMILES string of the molecule is CCOC(=O)CC1CCc2c1ccc(OCCc1nc(-c3ccccc3)oc1C)c2OS(=O)(=O)C(F)(F)F. The molecule has 2 aromatic carbocycles. The average molecular weight is 554 g/mol. The third kappa shape index (κ3) is 5.95. The van der Waals surface area contributed by atoms with Gasteiger partial charge in [0.05, 0.1) is 25.3 Å². The molecule has 0 aliphatic heterocycles. The van der Waals surface area contributed by atoms with E-state index in [1.807, 2.05) is 30.3 Å². The standard InChI is InChI=1S/C26H26F3NO7S/c1-3-34-23(31)15-18-9-10-20-19(18)11-12-22(24(20)37-38(32,33)26(27,28)29)35-14-13-21-16(2)36-25(30-21)17-7-5-4-6-8-17/h4-8,11-12,18H,3,9-10,13-15H2,1-2H3. The lowest BCUT2D eigenvalue weighted by atomic mass is 9.97. The molecule has 8 nitrogen and oxygen atoms in total. The summed E-state index contributed by atoms with van der Waals surface area (Å²) in [5.41, 5.74) is -3.47. The lowest BCUT2D eigenvalue weighted by Gasteiger charge is -2.18. The Kier molecular flexibility index (Phi) is 8.00. The number of carbonyl (C=O) groups excluding carboxylic acids is 1. The van der Waals surface area contributed by atoms with Crippen LogP contribution in [0.4, 0.5) is 13.2 Å². The largest absolute Gasteiger partial charge is 0.534 e. The Hall–Kier alpha value is -3.54. The van der Waals surface area contributed by atoms with Crippen molar-refractivity contribution in [2.75, 3.05) is 13.2 Å². The second kappa shape index (κ2) is 11.1. The van der Waals surface area contributed by atoms with Crippen LogP contribution in [0.25, 0.3) is 11.5 Å². The fourth-order valence-electron chi connectivity index (χ4n) is 4.35. The molecule has 12 heteroatoms. The number of benzene rings is 2. The Labute approximate surface area is 217 Å². The van der Waals surface area contributed by atoms with Gasteiger partial charge in [0.15, 0.2) is 11.5 Å². The molecular formula is C26H26F3NO7S. The number of aryl methyl sites for hydroxylation is 1. The minimum atomic E-state index is -5.95. The Balaban J connectivity index is 1.57. The molecule has 3 aromatic rings. The van der Waals surface area contributed by atoms with Gasteiger partial charge < -0.3 is 18.1 Å². The number of nitrogens with zero attached hydrogens (tertiary/aromatic N) is 1. The van der Waals surface area contributed by atoms with E-state index in [2.05, 4.69) is 9.17 Å². The number of halogens is 3. The molecule has 1 unspecified atom stereocenters. The molecule has 204 valence electrons. The number of hydrogen-bond donors (Lipinski definition) is 0. The van der Waals surface area contributed by atoms with Crippen molar-refractivity contribution in [2.45, 2.75) is 51.0 Å². The van der Waals surface area contributed by atoms with E-state index in [9.17, 15) is 26.4 Å². The third-order valence-electron chi connectivity index (χ3n) is 6.15. The molecule has 0 spiro atoms. The third-order valence-corrected chi connectivity index (χ3v) is 7.10. The molecule has 1 heterocycles. The van der Waals surface area contributed by atoms with Gasteiger partial charge in [0.25, 0.3) is 0 Å². The van der Waals surface area contributed by atoms with E-state index >= 15 is 0 Å². The number of hydrogen-bond acceptors (Lipinski definition) is 8. The zero-order chi connectivity index (χ0) is 27.5. The highest BCUT2D eigenvalue weighted by molar-refractivity contribution is 7.88. The van der Waals surface area contributed by atoms with Gasteiger partial charge in [-0.15, -0.1) is 0 Å². The van der Waals surface area contributed by atoms with Crippen LogP contribution in [0.1, 0.15) is 48.3 Å². The number of fused-ring (bicyclic) bond motifs is 1. The predicted octanol–water partition coefficient (Wildman–Crippen LogP) is 5.48. The first-order chi connectivity index (χ1) is 18.0. The smallest absolute Gasteiger partial charge is 0.489 e. The molecule has 0 saturated carbocycles. The molecule has 4 rings (SSSR count). The Morgan fingerprint density at radius 3 is 2.58 bits per heavy atom. The van der Waals surface area contributed by atoms with Crippen LogP contribution < -0.4 is 8.92 Å². The maximum Gasteiger partial charge on any atom is 0.534 e. The van der Waals surface area contributed by atoms with Gasteiger partial charge in [-0.1, -0.05) is 24.3 Å². The summed E-state index contributed by atoms with van der Waals surface area (Å²) in [5, 5.41) is 0. The molecule has 38 heavy (non-hydrogen) atoms. The van der Waals surface area contributed by atoms with Crippen molar-refractivity contribution >= 4 is 16.1 Å². The average Bonchev–Trinajstić information content (AvgIpc) is 3.43. The summed E-state index contributed by atoms with van der Waals surface area (Å²) >= 11 is 0. The monoisotopic (exact) mass is 553 g/mol. The molecular weight excluding hydrogens is 527 g/mol. The van der Waals surface area contributed by atoms with Crippen molar-refractivity contribution in [1.82, 2.24) is 4.98 Å². The van der Waals surface area contributed by atoms with Crippen molar-refractivity contribution in [1.29, 1.82) is 0 Å². The molecule has 0 fully saturated rings. The fraction of sp³-hybridized carbons (Fsp3) is 0.385. The van der Waals surface area contributed by atoms with Crippen molar-refractivity contribution in [3.05, 3.63) is 65.0 Å². The summed E-state index contributed by atoms with van der Waals surface area (Å²) in [5.74, 6) is -0.495. The number of esters is 1. The van der Waals surface area contributed by atoms with Crippen molar-refractivity contribution in [2.24, 2.45) is 0 Å². The van der Waals surface area contributed by atoms with E-state index in [1.165, 1.54) is 6.07 Å². The zero-order valence-corrected chi connectivity index (χ0v) is 21.5. The van der Waals surface area contributed by atoms with Crippen molar-refractivity contribution in [3.8, 4) is 23.0 Å². The lowest BCUT2D eigenvalue weighted by molar-refractivity contribution is -0.143. The van der Waals surface area contributed by atoms with Gasteiger partial charge in [-0.25, -0.2) is 4.98 Å². The molecule has 0 N–H and O–H groups in total. The summed E-state index contributed by atoms with van der Waals surface area (Å²) in [7, 11) is -5.95. The number of alkyl halides is 3. The number of aromatic nitrogens is 1. The second-order valence-corrected chi connectivity index (χ2v) is 10.2. The fourth-order valence-corrected chi connectivity index (χ4v) is 4.85. The van der Waals surface area contributed by atoms with Gasteiger partial charge in [0.1, 0.15) is 5.76 Å². The van der Waals surface area contributed by atoms with E-state index in [4.69, 9.17) is 13.9 Å². The summed E-state index contributed by atoms with van der Waals surface area (Å²) in [6.45, 7) is 3.57. The van der Waals surface area contributed by atoms with Crippen LogP contribution >= 0.6 is 0 Å². The lowest BCUT2D eigenvalue weighted by Crippen LogP contribution is -2.28. The molecule has 1 atom stereocenters. The maximum atomic E-state index is 13.2. The number of oxazole rings is 1. The van der Waals surface area contributed by atoms with Crippen LogP contribution in [0, 0.1) is 6.92 Å². The van der Waals surface area contributed by atoms with Gasteiger partial charge in [0, 0.05) is 17.5 Å². The van der Waals surface area contributed by atoms with Crippen LogP contribution in [0.3, 0.4) is 0 Å². The number of carbonyl (C=O) groups is 1. The van der Waals surface area contributed by atoms with Crippen LogP contribution in [0.15, 0.2) is 46.9 Å². The Morgan fingerprint density at radius 2 is 1.89 bits per heavy atom. The highest BCUT2D eigenvalue weighted by atomic mass is 32.2.